The number of nitrogens with one attached hydrogen (secondary N) is 1. The maximum atomic E-state index is 13.2. The third kappa shape index (κ3) is 3.15. The second kappa shape index (κ2) is 5.26. The van der Waals surface area contributed by atoms with E-state index in [9.17, 15) is 4.39 Å². The fraction of sp³-hybridized carbons (Fsp3) is 1.00. The predicted molar refractivity (Wildman–Crippen MR) is 59.4 cm³/mol. The van der Waals surface area contributed by atoms with E-state index in [0.29, 0.717) is 12.1 Å². The average Bonchev–Trinajstić information content (AvgIpc) is 2.22. The van der Waals surface area contributed by atoms with Gasteiger partial charge in [0.05, 0.1) is 13.1 Å². The molecule has 0 radical (unpaired) electrons. The van der Waals surface area contributed by atoms with E-state index < -0.39 is 6.17 Å². The third-order valence-electron chi connectivity index (χ3n) is 4.06. The first-order valence-electron chi connectivity index (χ1n) is 6.50. The lowest BCUT2D eigenvalue weighted by molar-refractivity contribution is -0.933. The number of alkyl halides is 1. The maximum Gasteiger partial charge on any atom is 0.138 e. The molecule has 0 aromatic heterocycles. The minimum absolute atomic E-state index is 0.318. The van der Waals surface area contributed by atoms with Gasteiger partial charge >= 0.3 is 0 Å². The minimum Gasteiger partial charge on any atom is -0.320 e. The number of hydrogen-bond donors (Lipinski definition) is 2. The number of nitrogens with two attached hydrogens (primary N) is 1. The molecule has 0 amide bonds. The molecule has 2 aliphatic rings. The zero-order valence-electron chi connectivity index (χ0n) is 9.55. The highest BCUT2D eigenvalue weighted by molar-refractivity contribution is 4.72. The molecule has 4 atom stereocenters. The molecule has 0 aromatic rings. The van der Waals surface area contributed by atoms with Crippen LogP contribution in [-0.4, -0.2) is 25.4 Å². The first kappa shape index (κ1) is 11.3. The second-order valence-corrected chi connectivity index (χ2v) is 5.34. The summed E-state index contributed by atoms with van der Waals surface area (Å²) < 4.78 is 13.2. The summed E-state index contributed by atoms with van der Waals surface area (Å²) in [4.78, 5) is 1.53. The summed E-state index contributed by atoms with van der Waals surface area (Å²) in [7, 11) is 0. The van der Waals surface area contributed by atoms with Gasteiger partial charge in [-0.25, -0.2) is 4.39 Å². The van der Waals surface area contributed by atoms with Crippen molar-refractivity contribution in [2.45, 2.75) is 57.3 Å². The van der Waals surface area contributed by atoms with Crippen molar-refractivity contribution in [1.29, 1.82) is 0 Å². The summed E-state index contributed by atoms with van der Waals surface area (Å²) in [5.41, 5.74) is 6.10. The molecule has 3 heteroatoms. The van der Waals surface area contributed by atoms with E-state index in [1.807, 2.05) is 0 Å². The van der Waals surface area contributed by atoms with Crippen molar-refractivity contribution in [3.05, 3.63) is 0 Å². The zero-order chi connectivity index (χ0) is 10.7. The first-order chi connectivity index (χ1) is 7.25. The van der Waals surface area contributed by atoms with Crippen LogP contribution in [0.3, 0.4) is 0 Å². The van der Waals surface area contributed by atoms with Gasteiger partial charge in [0.1, 0.15) is 12.3 Å². The second-order valence-electron chi connectivity index (χ2n) is 5.34. The van der Waals surface area contributed by atoms with E-state index in [4.69, 9.17) is 5.73 Å². The van der Waals surface area contributed by atoms with E-state index in [1.165, 1.54) is 30.7 Å². The van der Waals surface area contributed by atoms with E-state index in [-0.39, 0.29) is 0 Å². The quantitative estimate of drug-likeness (QED) is 0.703. The highest BCUT2D eigenvalue weighted by Gasteiger charge is 2.29. The Morgan fingerprint density at radius 1 is 1.13 bits per heavy atom. The largest absolute Gasteiger partial charge is 0.320 e. The van der Waals surface area contributed by atoms with Crippen molar-refractivity contribution in [3.63, 3.8) is 0 Å². The van der Waals surface area contributed by atoms with Crippen LogP contribution in [0.2, 0.25) is 0 Å². The Bertz CT molecular complexity index is 198. The van der Waals surface area contributed by atoms with Gasteiger partial charge in [0, 0.05) is 12.3 Å². The number of hydrogen-bond acceptors (Lipinski definition) is 1. The highest BCUT2D eigenvalue weighted by Crippen LogP contribution is 2.25. The van der Waals surface area contributed by atoms with Crippen LogP contribution in [-0.2, 0) is 0 Å². The molecule has 0 bridgehead atoms. The fourth-order valence-electron chi connectivity index (χ4n) is 3.14. The monoisotopic (exact) mass is 215 g/mol. The molecule has 0 aromatic carbocycles. The Labute approximate surface area is 92.0 Å². The summed E-state index contributed by atoms with van der Waals surface area (Å²) in [6.07, 6.45) is 7.39. The maximum absolute atomic E-state index is 13.2. The van der Waals surface area contributed by atoms with Gasteiger partial charge in [-0.15, -0.1) is 0 Å². The molecule has 1 saturated heterocycles. The van der Waals surface area contributed by atoms with Crippen molar-refractivity contribution in [1.82, 2.24) is 0 Å². The van der Waals surface area contributed by atoms with Gasteiger partial charge in [-0.3, -0.25) is 5.73 Å². The van der Waals surface area contributed by atoms with Crippen molar-refractivity contribution < 1.29 is 9.29 Å². The van der Waals surface area contributed by atoms with Crippen LogP contribution in [0.25, 0.3) is 0 Å². The van der Waals surface area contributed by atoms with Crippen LogP contribution in [0.15, 0.2) is 0 Å². The van der Waals surface area contributed by atoms with Gasteiger partial charge in [0.15, 0.2) is 0 Å². The van der Waals surface area contributed by atoms with Crippen LogP contribution < -0.4 is 10.6 Å². The van der Waals surface area contributed by atoms with Crippen molar-refractivity contribution in [2.75, 3.05) is 13.1 Å². The summed E-state index contributed by atoms with van der Waals surface area (Å²) in [6.45, 7) is 2.32. The van der Waals surface area contributed by atoms with Crippen LogP contribution in [0.4, 0.5) is 4.39 Å². The van der Waals surface area contributed by atoms with E-state index in [0.717, 1.165) is 32.2 Å². The molecule has 1 heterocycles. The third-order valence-corrected chi connectivity index (χ3v) is 4.06. The highest BCUT2D eigenvalue weighted by atomic mass is 19.1. The van der Waals surface area contributed by atoms with Gasteiger partial charge in [-0.1, -0.05) is 6.42 Å². The smallest absolute Gasteiger partial charge is 0.138 e. The number of quaternary nitrogens is 1. The molecule has 1 aliphatic carbocycles. The molecule has 1 aliphatic heterocycles. The zero-order valence-corrected chi connectivity index (χ0v) is 9.55. The Morgan fingerprint density at radius 3 is 2.73 bits per heavy atom. The number of piperidine rings is 1. The molecule has 2 nitrogen and oxygen atoms in total. The molecule has 1 saturated carbocycles. The van der Waals surface area contributed by atoms with Crippen LogP contribution in [0, 0.1) is 5.92 Å². The lowest BCUT2D eigenvalue weighted by Crippen LogP contribution is -3.18. The number of rotatable bonds is 2. The summed E-state index contributed by atoms with van der Waals surface area (Å²) in [5.74, 6) is 0.591. The van der Waals surface area contributed by atoms with Crippen LogP contribution in [0.1, 0.15) is 44.9 Å². The van der Waals surface area contributed by atoms with E-state index >= 15 is 0 Å². The molecule has 15 heavy (non-hydrogen) atoms. The number of likely N-dealkylation sites (tertiary alicyclic amines) is 1. The molecule has 2 fully saturated rings. The lowest BCUT2D eigenvalue weighted by atomic mass is 9.87. The normalized spacial score (nSPS) is 42.8. The minimum atomic E-state index is -0.538. The van der Waals surface area contributed by atoms with Crippen molar-refractivity contribution in [2.24, 2.45) is 11.7 Å². The molecule has 4 unspecified atom stereocenters. The van der Waals surface area contributed by atoms with E-state index in [1.54, 1.807) is 0 Å². The first-order valence-corrected chi connectivity index (χ1v) is 6.50. The Hall–Kier alpha value is -0.150. The van der Waals surface area contributed by atoms with Crippen molar-refractivity contribution in [3.8, 4) is 0 Å². The molecule has 88 valence electrons. The van der Waals surface area contributed by atoms with Gasteiger partial charge in [-0.2, -0.15) is 0 Å². The van der Waals surface area contributed by atoms with Gasteiger partial charge in [-0.05, 0) is 32.1 Å². The van der Waals surface area contributed by atoms with Gasteiger partial charge in [0.2, 0.25) is 0 Å². The number of halogens is 1. The molecule has 3 N–H and O–H groups in total. The molecular weight excluding hydrogens is 191 g/mol. The lowest BCUT2D eigenvalue weighted by Gasteiger charge is -2.34. The average molecular weight is 215 g/mol. The summed E-state index contributed by atoms with van der Waals surface area (Å²) in [6, 6.07) is 0. The predicted octanol–water partition coefficient (Wildman–Crippen LogP) is 0.868. The van der Waals surface area contributed by atoms with Gasteiger partial charge < -0.3 is 4.90 Å². The topological polar surface area (TPSA) is 30.5 Å². The van der Waals surface area contributed by atoms with Crippen LogP contribution in [0.5, 0.6) is 0 Å². The SMILES string of the molecule is NC1CCCC[NH+]1CC1CCCC(F)C1. The molecule has 0 spiro atoms. The van der Waals surface area contributed by atoms with Gasteiger partial charge in [0.25, 0.3) is 0 Å². The summed E-state index contributed by atoms with van der Waals surface area (Å²) in [5, 5.41) is 0. The van der Waals surface area contributed by atoms with Crippen LogP contribution >= 0.6 is 0 Å². The Morgan fingerprint density at radius 2 is 2.00 bits per heavy atom. The fourth-order valence-corrected chi connectivity index (χ4v) is 3.14. The van der Waals surface area contributed by atoms with Crippen molar-refractivity contribution >= 4 is 0 Å². The molecule has 2 rings (SSSR count). The Balaban J connectivity index is 1.79. The summed E-state index contributed by atoms with van der Waals surface area (Å²) >= 11 is 0. The standard InChI is InChI=1S/C12H23FN2/c13-11-5-3-4-10(8-11)9-15-7-2-1-6-12(15)14/h10-12H,1-9,14H2/p+1. The Kier molecular flexibility index (Phi) is 3.98. The van der Waals surface area contributed by atoms with E-state index in [2.05, 4.69) is 0 Å². The molecular formula is C12H24FN2+.